The van der Waals surface area contributed by atoms with Crippen LogP contribution in [0.25, 0.3) is 0 Å². The fourth-order valence-corrected chi connectivity index (χ4v) is 5.31. The second kappa shape index (κ2) is 5.57. The highest BCUT2D eigenvalue weighted by molar-refractivity contribution is 8.16. The summed E-state index contributed by atoms with van der Waals surface area (Å²) in [6, 6.07) is 17.4. The molecule has 1 fully saturated rings. The van der Waals surface area contributed by atoms with Gasteiger partial charge in [-0.1, -0.05) is 54.2 Å². The van der Waals surface area contributed by atoms with Gasteiger partial charge < -0.3 is 5.11 Å². The molecule has 4 heteroatoms. The highest BCUT2D eigenvalue weighted by Gasteiger charge is 2.60. The Kier molecular flexibility index (Phi) is 3.62. The number of para-hydroxylation sites is 1. The summed E-state index contributed by atoms with van der Waals surface area (Å²) in [6.07, 6.45) is 1.87. The lowest BCUT2D eigenvalue weighted by Gasteiger charge is -2.40. The van der Waals surface area contributed by atoms with Crippen LogP contribution in [0.2, 0.25) is 0 Å². The van der Waals surface area contributed by atoms with Crippen molar-refractivity contribution < 1.29 is 9.90 Å². The first-order chi connectivity index (χ1) is 11.5. The third-order valence-corrected chi connectivity index (χ3v) is 6.69. The molecule has 4 rings (SSSR count). The lowest BCUT2D eigenvalue weighted by Crippen LogP contribution is -2.53. The predicted molar refractivity (Wildman–Crippen MR) is 98.2 cm³/mol. The maximum Gasteiger partial charge on any atom is 0.182 e. The van der Waals surface area contributed by atoms with E-state index in [1.807, 2.05) is 54.6 Å². The average molecular weight is 337 g/mol. The first-order valence-electron chi connectivity index (χ1n) is 8.19. The minimum Gasteiger partial charge on any atom is -0.388 e. The number of thioether (sulfide) groups is 1. The summed E-state index contributed by atoms with van der Waals surface area (Å²) in [7, 11) is 0. The molecule has 1 N–H and O–H groups in total. The van der Waals surface area contributed by atoms with Crippen molar-refractivity contribution >= 4 is 28.3 Å². The van der Waals surface area contributed by atoms with Crippen molar-refractivity contribution in [2.45, 2.75) is 36.5 Å². The molecular weight excluding hydrogens is 318 g/mol. The van der Waals surface area contributed by atoms with E-state index in [-0.39, 0.29) is 5.78 Å². The second-order valence-electron chi connectivity index (χ2n) is 6.71. The van der Waals surface area contributed by atoms with E-state index in [1.165, 1.54) is 11.8 Å². The van der Waals surface area contributed by atoms with E-state index < -0.39 is 10.3 Å². The lowest BCUT2D eigenvalue weighted by atomic mass is 9.72. The summed E-state index contributed by atoms with van der Waals surface area (Å²) < 4.78 is -0.824. The predicted octanol–water partition coefficient (Wildman–Crippen LogP) is 4.17. The van der Waals surface area contributed by atoms with E-state index in [2.05, 4.69) is 4.99 Å². The van der Waals surface area contributed by atoms with Gasteiger partial charge in [0.15, 0.2) is 5.78 Å². The monoisotopic (exact) mass is 337 g/mol. The molecule has 2 aromatic carbocycles. The number of hydrogen-bond donors (Lipinski definition) is 1. The largest absolute Gasteiger partial charge is 0.388 e. The molecule has 3 nitrogen and oxygen atoms in total. The van der Waals surface area contributed by atoms with Crippen molar-refractivity contribution in [3.8, 4) is 0 Å². The van der Waals surface area contributed by atoms with Crippen molar-refractivity contribution in [2.75, 3.05) is 0 Å². The number of aliphatic imine (C=N–C) groups is 1. The molecule has 0 aromatic heterocycles. The van der Waals surface area contributed by atoms with Crippen molar-refractivity contribution in [1.82, 2.24) is 0 Å². The van der Waals surface area contributed by atoms with Crippen LogP contribution in [0.15, 0.2) is 59.6 Å². The summed E-state index contributed by atoms with van der Waals surface area (Å²) in [5.74, 6) is 0.0395. The van der Waals surface area contributed by atoms with Gasteiger partial charge in [-0.25, -0.2) is 4.99 Å². The summed E-state index contributed by atoms with van der Waals surface area (Å²) in [5, 5.41) is 11.9. The molecule has 1 heterocycles. The summed E-state index contributed by atoms with van der Waals surface area (Å²) in [6.45, 7) is 1.78. The highest BCUT2D eigenvalue weighted by atomic mass is 32.2. The van der Waals surface area contributed by atoms with Crippen LogP contribution in [-0.4, -0.2) is 26.3 Å². The van der Waals surface area contributed by atoms with Crippen LogP contribution >= 0.6 is 11.8 Å². The number of benzene rings is 2. The minimum atomic E-state index is -1.09. The van der Waals surface area contributed by atoms with Gasteiger partial charge in [0, 0.05) is 12.0 Å². The van der Waals surface area contributed by atoms with Crippen LogP contribution in [0.4, 0.5) is 5.69 Å². The molecule has 1 spiro atoms. The standard InChI is InChI=1S/C20H19NO2S/c1-19(23)13-17(21-15-8-3-2-4-9-15)24-20(19)12-11-14-7-5-6-10-16(14)18(20)22/h2-10,23H,11-13H2,1H3. The molecule has 0 amide bonds. The Balaban J connectivity index is 1.74. The van der Waals surface area contributed by atoms with Crippen molar-refractivity contribution in [1.29, 1.82) is 0 Å². The number of carbonyl (C=O) groups is 1. The lowest BCUT2D eigenvalue weighted by molar-refractivity contribution is 0.0247. The van der Waals surface area contributed by atoms with Crippen LogP contribution in [0, 0.1) is 0 Å². The molecule has 1 aliphatic carbocycles. The molecule has 0 radical (unpaired) electrons. The molecule has 2 atom stereocenters. The molecule has 2 aliphatic rings. The fourth-order valence-electron chi connectivity index (χ4n) is 3.71. The summed E-state index contributed by atoms with van der Waals surface area (Å²) in [4.78, 5) is 17.9. The quantitative estimate of drug-likeness (QED) is 0.849. The number of nitrogens with zero attached hydrogens (tertiary/aromatic N) is 1. The molecular formula is C20H19NO2S. The van der Waals surface area contributed by atoms with E-state index in [0.717, 1.165) is 28.3 Å². The number of ketones is 1. The first-order valence-corrected chi connectivity index (χ1v) is 9.00. The van der Waals surface area contributed by atoms with E-state index in [1.54, 1.807) is 6.92 Å². The van der Waals surface area contributed by atoms with Gasteiger partial charge in [0.2, 0.25) is 0 Å². The minimum absolute atomic E-state index is 0.0395. The van der Waals surface area contributed by atoms with Crippen molar-refractivity contribution in [3.63, 3.8) is 0 Å². The van der Waals surface area contributed by atoms with Gasteiger partial charge in [0.05, 0.1) is 16.3 Å². The number of fused-ring (bicyclic) bond motifs is 1. The topological polar surface area (TPSA) is 49.7 Å². The van der Waals surface area contributed by atoms with E-state index in [0.29, 0.717) is 12.8 Å². The molecule has 122 valence electrons. The van der Waals surface area contributed by atoms with Gasteiger partial charge in [-0.05, 0) is 37.5 Å². The van der Waals surface area contributed by atoms with Crippen LogP contribution < -0.4 is 0 Å². The van der Waals surface area contributed by atoms with Crippen LogP contribution in [0.1, 0.15) is 35.7 Å². The molecule has 0 bridgehead atoms. The Labute approximate surface area is 145 Å². The van der Waals surface area contributed by atoms with Gasteiger partial charge >= 0.3 is 0 Å². The molecule has 2 unspecified atom stereocenters. The number of aliphatic hydroxyl groups is 1. The van der Waals surface area contributed by atoms with Crippen LogP contribution in [0.5, 0.6) is 0 Å². The Morgan fingerprint density at radius 2 is 1.79 bits per heavy atom. The molecule has 1 aliphatic heterocycles. The summed E-state index contributed by atoms with van der Waals surface area (Å²) in [5.41, 5.74) is 1.60. The third kappa shape index (κ3) is 2.33. The maximum absolute atomic E-state index is 13.2. The van der Waals surface area contributed by atoms with E-state index in [4.69, 9.17) is 0 Å². The number of carbonyl (C=O) groups excluding carboxylic acids is 1. The zero-order valence-corrected chi connectivity index (χ0v) is 14.3. The van der Waals surface area contributed by atoms with Crippen LogP contribution in [0.3, 0.4) is 0 Å². The van der Waals surface area contributed by atoms with Crippen molar-refractivity contribution in [2.24, 2.45) is 4.99 Å². The zero-order chi connectivity index (χ0) is 16.8. The van der Waals surface area contributed by atoms with Crippen LogP contribution in [-0.2, 0) is 6.42 Å². The normalized spacial score (nSPS) is 30.8. The zero-order valence-electron chi connectivity index (χ0n) is 13.5. The second-order valence-corrected chi connectivity index (χ2v) is 8.08. The SMILES string of the molecule is CC1(O)CC(=Nc2ccccc2)SC12CCc1ccccc1C2=O. The highest BCUT2D eigenvalue weighted by Crippen LogP contribution is 2.54. The van der Waals surface area contributed by atoms with E-state index in [9.17, 15) is 9.90 Å². The number of rotatable bonds is 1. The Hall–Kier alpha value is -1.91. The van der Waals surface area contributed by atoms with E-state index >= 15 is 0 Å². The number of Topliss-reactive ketones (excluding diaryl/α,β-unsaturated/α-hetero) is 1. The molecule has 24 heavy (non-hydrogen) atoms. The fraction of sp³-hybridized carbons (Fsp3) is 0.300. The average Bonchev–Trinajstić information content (AvgIpc) is 2.83. The van der Waals surface area contributed by atoms with Gasteiger partial charge in [-0.3, -0.25) is 4.79 Å². The third-order valence-electron chi connectivity index (χ3n) is 5.04. The Morgan fingerprint density at radius 3 is 2.58 bits per heavy atom. The molecule has 2 aromatic rings. The molecule has 0 saturated carbocycles. The Bertz CT molecular complexity index is 829. The number of aryl methyl sites for hydroxylation is 1. The smallest absolute Gasteiger partial charge is 0.182 e. The van der Waals surface area contributed by atoms with Gasteiger partial charge in [0.25, 0.3) is 0 Å². The van der Waals surface area contributed by atoms with Gasteiger partial charge in [-0.15, -0.1) is 0 Å². The first kappa shape index (κ1) is 15.6. The van der Waals surface area contributed by atoms with Crippen molar-refractivity contribution in [3.05, 3.63) is 65.7 Å². The molecule has 1 saturated heterocycles. The maximum atomic E-state index is 13.2. The summed E-state index contributed by atoms with van der Waals surface area (Å²) >= 11 is 1.46. The van der Waals surface area contributed by atoms with Gasteiger partial charge in [-0.2, -0.15) is 0 Å². The van der Waals surface area contributed by atoms with Gasteiger partial charge in [0.1, 0.15) is 4.75 Å². The Morgan fingerprint density at radius 1 is 1.08 bits per heavy atom. The number of hydrogen-bond acceptors (Lipinski definition) is 4.